The maximum atomic E-state index is 11.0. The van der Waals surface area contributed by atoms with E-state index in [9.17, 15) is 9.59 Å². The third-order valence-electron chi connectivity index (χ3n) is 2.51. The predicted octanol–water partition coefficient (Wildman–Crippen LogP) is 2.17. The summed E-state index contributed by atoms with van der Waals surface area (Å²) in [7, 11) is 1.33. The number of methoxy groups -OCH3 is 1. The molecule has 1 aromatic heterocycles. The van der Waals surface area contributed by atoms with Gasteiger partial charge in [0, 0.05) is 23.2 Å². The van der Waals surface area contributed by atoms with E-state index in [1.165, 1.54) is 13.2 Å². The minimum atomic E-state index is -0.413. The first-order valence-electron chi connectivity index (χ1n) is 5.07. The van der Waals surface area contributed by atoms with Gasteiger partial charge >= 0.3 is 5.97 Å². The number of para-hydroxylation sites is 1. The summed E-state index contributed by atoms with van der Waals surface area (Å²) in [6.45, 7) is 0. The van der Waals surface area contributed by atoms with Crippen LogP contribution in [0.1, 0.15) is 15.9 Å². The second kappa shape index (κ2) is 4.65. The first-order valence-corrected chi connectivity index (χ1v) is 5.07. The Labute approximate surface area is 97.9 Å². The lowest BCUT2D eigenvalue weighted by Gasteiger charge is -1.97. The lowest BCUT2D eigenvalue weighted by molar-refractivity contribution is -0.134. The van der Waals surface area contributed by atoms with Crippen molar-refractivity contribution in [1.29, 1.82) is 0 Å². The van der Waals surface area contributed by atoms with Gasteiger partial charge in [0.15, 0.2) is 6.29 Å². The number of nitrogens with one attached hydrogen (secondary N) is 1. The van der Waals surface area contributed by atoms with Crippen LogP contribution in [0.3, 0.4) is 0 Å². The Kier molecular flexibility index (Phi) is 3.05. The number of ether oxygens (including phenoxy) is 1. The molecule has 0 atom stereocenters. The summed E-state index contributed by atoms with van der Waals surface area (Å²) in [5.74, 6) is -0.413. The third kappa shape index (κ3) is 2.10. The highest BCUT2D eigenvalue weighted by atomic mass is 16.5. The summed E-state index contributed by atoms with van der Waals surface area (Å²) >= 11 is 0. The maximum absolute atomic E-state index is 11.0. The zero-order valence-electron chi connectivity index (χ0n) is 9.27. The van der Waals surface area contributed by atoms with Crippen molar-refractivity contribution in [3.05, 3.63) is 41.6 Å². The van der Waals surface area contributed by atoms with E-state index in [-0.39, 0.29) is 0 Å². The van der Waals surface area contributed by atoms with Crippen LogP contribution in [-0.2, 0) is 9.53 Å². The Bertz CT molecular complexity index is 596. The van der Waals surface area contributed by atoms with Gasteiger partial charge in [-0.25, -0.2) is 4.79 Å². The van der Waals surface area contributed by atoms with Crippen LogP contribution < -0.4 is 0 Å². The van der Waals surface area contributed by atoms with Gasteiger partial charge in [0.05, 0.1) is 12.6 Å². The number of hydrogen-bond acceptors (Lipinski definition) is 3. The fourth-order valence-corrected chi connectivity index (χ4v) is 1.66. The monoisotopic (exact) mass is 229 g/mol. The maximum Gasteiger partial charge on any atom is 0.330 e. The van der Waals surface area contributed by atoms with E-state index in [1.54, 1.807) is 12.3 Å². The molecule has 0 saturated carbocycles. The van der Waals surface area contributed by atoms with E-state index in [4.69, 9.17) is 0 Å². The van der Waals surface area contributed by atoms with E-state index in [1.807, 2.05) is 18.2 Å². The van der Waals surface area contributed by atoms with Gasteiger partial charge in [-0.05, 0) is 11.6 Å². The molecule has 1 aromatic carbocycles. The second-order valence-corrected chi connectivity index (χ2v) is 3.49. The predicted molar refractivity (Wildman–Crippen MR) is 64.7 cm³/mol. The Hall–Kier alpha value is -2.36. The van der Waals surface area contributed by atoms with Gasteiger partial charge in [-0.1, -0.05) is 18.2 Å². The van der Waals surface area contributed by atoms with Gasteiger partial charge in [0.25, 0.3) is 0 Å². The number of carbonyl (C=O) groups excluding carboxylic acids is 2. The zero-order valence-corrected chi connectivity index (χ0v) is 9.27. The molecule has 0 amide bonds. The molecular weight excluding hydrogens is 218 g/mol. The molecular formula is C13H11NO3. The molecule has 0 aliphatic rings. The minimum absolute atomic E-state index is 0.413. The quantitative estimate of drug-likeness (QED) is 0.498. The molecule has 1 N–H and O–H groups in total. The van der Waals surface area contributed by atoms with Crippen molar-refractivity contribution >= 4 is 29.2 Å². The molecule has 0 unspecified atom stereocenters. The molecule has 2 aromatic rings. The highest BCUT2D eigenvalue weighted by molar-refractivity contribution is 6.01. The molecule has 86 valence electrons. The summed E-state index contributed by atoms with van der Waals surface area (Å²) in [6.07, 6.45) is 5.44. The number of aldehydes is 1. The number of rotatable bonds is 3. The fourth-order valence-electron chi connectivity index (χ4n) is 1.66. The van der Waals surface area contributed by atoms with E-state index >= 15 is 0 Å². The summed E-state index contributed by atoms with van der Waals surface area (Å²) in [4.78, 5) is 24.8. The first-order chi connectivity index (χ1) is 8.26. The van der Waals surface area contributed by atoms with Crippen molar-refractivity contribution in [3.8, 4) is 0 Å². The number of aromatic nitrogens is 1. The number of fused-ring (bicyclic) bond motifs is 1. The number of benzene rings is 1. The molecule has 0 bridgehead atoms. The molecule has 0 aliphatic carbocycles. The van der Waals surface area contributed by atoms with Crippen LogP contribution in [-0.4, -0.2) is 24.3 Å². The minimum Gasteiger partial charge on any atom is -0.466 e. The number of aromatic amines is 1. The molecule has 2 rings (SSSR count). The van der Waals surface area contributed by atoms with Crippen molar-refractivity contribution < 1.29 is 14.3 Å². The number of hydrogen-bond donors (Lipinski definition) is 1. The van der Waals surface area contributed by atoms with Gasteiger partial charge in [-0.3, -0.25) is 4.79 Å². The van der Waals surface area contributed by atoms with Gasteiger partial charge < -0.3 is 9.72 Å². The second-order valence-electron chi connectivity index (χ2n) is 3.49. The first kappa shape index (κ1) is 11.1. The summed E-state index contributed by atoms with van der Waals surface area (Å²) in [6, 6.07) is 5.54. The van der Waals surface area contributed by atoms with E-state index in [0.717, 1.165) is 22.8 Å². The Balaban J connectivity index is 2.48. The van der Waals surface area contributed by atoms with Crippen LogP contribution in [0.25, 0.3) is 17.0 Å². The van der Waals surface area contributed by atoms with Crippen LogP contribution in [0.15, 0.2) is 30.5 Å². The molecule has 4 heteroatoms. The summed E-state index contributed by atoms with van der Waals surface area (Å²) in [5, 5.41) is 0.840. The third-order valence-corrected chi connectivity index (χ3v) is 2.51. The molecule has 0 saturated heterocycles. The topological polar surface area (TPSA) is 59.2 Å². The lowest BCUT2D eigenvalue weighted by Crippen LogP contribution is -1.93. The van der Waals surface area contributed by atoms with E-state index < -0.39 is 5.97 Å². The highest BCUT2D eigenvalue weighted by Gasteiger charge is 2.04. The van der Waals surface area contributed by atoms with Crippen molar-refractivity contribution in [2.45, 2.75) is 0 Å². The van der Waals surface area contributed by atoms with Crippen LogP contribution in [0.5, 0.6) is 0 Å². The average molecular weight is 229 g/mol. The lowest BCUT2D eigenvalue weighted by atomic mass is 10.1. The molecule has 1 heterocycles. The number of carbonyl (C=O) groups is 2. The molecule has 0 spiro atoms. The van der Waals surface area contributed by atoms with Gasteiger partial charge in [0.2, 0.25) is 0 Å². The molecule has 0 radical (unpaired) electrons. The SMILES string of the molecule is COC(=O)/C=C/c1cccc2c(C=O)c[nH]c12. The van der Waals surface area contributed by atoms with E-state index in [2.05, 4.69) is 9.72 Å². The number of H-pyrrole nitrogens is 1. The van der Waals surface area contributed by atoms with Crippen molar-refractivity contribution in [2.75, 3.05) is 7.11 Å². The normalized spacial score (nSPS) is 10.9. The van der Waals surface area contributed by atoms with Crippen molar-refractivity contribution in [1.82, 2.24) is 4.98 Å². The van der Waals surface area contributed by atoms with E-state index in [0.29, 0.717) is 5.56 Å². The van der Waals surface area contributed by atoms with Crippen molar-refractivity contribution in [3.63, 3.8) is 0 Å². The van der Waals surface area contributed by atoms with Crippen molar-refractivity contribution in [2.24, 2.45) is 0 Å². The van der Waals surface area contributed by atoms with Gasteiger partial charge in [0.1, 0.15) is 0 Å². The summed E-state index contributed by atoms with van der Waals surface area (Å²) in [5.41, 5.74) is 2.27. The Morgan fingerprint density at radius 2 is 2.18 bits per heavy atom. The smallest absolute Gasteiger partial charge is 0.330 e. The Morgan fingerprint density at radius 3 is 2.88 bits per heavy atom. The molecule has 4 nitrogen and oxygen atoms in total. The summed E-state index contributed by atoms with van der Waals surface area (Å²) < 4.78 is 4.52. The largest absolute Gasteiger partial charge is 0.466 e. The van der Waals surface area contributed by atoms with Crippen LogP contribution >= 0.6 is 0 Å². The van der Waals surface area contributed by atoms with Crippen LogP contribution in [0.2, 0.25) is 0 Å². The fraction of sp³-hybridized carbons (Fsp3) is 0.0769. The van der Waals surface area contributed by atoms with Crippen LogP contribution in [0, 0.1) is 0 Å². The standard InChI is InChI=1S/C13H11NO3/c1-17-12(16)6-5-9-3-2-4-11-10(8-15)7-14-13(9)11/h2-8,14H,1H3/b6-5+. The molecule has 17 heavy (non-hydrogen) atoms. The van der Waals surface area contributed by atoms with Gasteiger partial charge in [-0.15, -0.1) is 0 Å². The number of esters is 1. The Morgan fingerprint density at radius 1 is 1.35 bits per heavy atom. The highest BCUT2D eigenvalue weighted by Crippen LogP contribution is 2.21. The molecule has 0 fully saturated rings. The molecule has 0 aliphatic heterocycles. The van der Waals surface area contributed by atoms with Crippen LogP contribution in [0.4, 0.5) is 0 Å². The average Bonchev–Trinajstić information content (AvgIpc) is 2.79. The van der Waals surface area contributed by atoms with Gasteiger partial charge in [-0.2, -0.15) is 0 Å². The zero-order chi connectivity index (χ0) is 12.3.